The first-order chi connectivity index (χ1) is 18.8. The lowest BCUT2D eigenvalue weighted by Gasteiger charge is -2.26. The molecule has 0 radical (unpaired) electrons. The molecule has 0 bridgehead atoms. The molecule has 0 saturated carbocycles. The lowest BCUT2D eigenvalue weighted by atomic mass is 9.86. The van der Waals surface area contributed by atoms with E-state index in [-0.39, 0.29) is 28.1 Å². The highest BCUT2D eigenvalue weighted by Gasteiger charge is 2.35. The maximum absolute atomic E-state index is 12.7. The molecule has 0 aliphatic carbocycles. The summed E-state index contributed by atoms with van der Waals surface area (Å²) in [6, 6.07) is 13.4. The van der Waals surface area contributed by atoms with Gasteiger partial charge in [-0.05, 0) is 109 Å². The first-order valence-corrected chi connectivity index (χ1v) is 15.5. The van der Waals surface area contributed by atoms with E-state index >= 15 is 0 Å². The Kier molecular flexibility index (Phi) is 9.81. The lowest BCUT2D eigenvalue weighted by Crippen LogP contribution is -2.34. The van der Waals surface area contributed by atoms with Crippen LogP contribution in [0.25, 0.3) is 0 Å². The zero-order valence-electron chi connectivity index (χ0n) is 24.0. The van der Waals surface area contributed by atoms with Gasteiger partial charge >= 0.3 is 0 Å². The zero-order valence-corrected chi connectivity index (χ0v) is 27.1. The second kappa shape index (κ2) is 12.8. The average Bonchev–Trinajstić information content (AvgIpc) is 3.15. The normalized spacial score (nSPS) is 17.9. The summed E-state index contributed by atoms with van der Waals surface area (Å²) >= 11 is 10.5. The van der Waals surface area contributed by atoms with Crippen LogP contribution in [-0.2, 0) is 5.41 Å². The van der Waals surface area contributed by atoms with Crippen LogP contribution in [0.1, 0.15) is 81.5 Å². The fourth-order valence-corrected chi connectivity index (χ4v) is 6.27. The van der Waals surface area contributed by atoms with E-state index in [1.54, 1.807) is 12.1 Å². The standard InChI is InChI=1S/C30H38BrClN6OS/c1-29(2,3)20-14-15-33-23(16-20)22(12-10-19-17-30(4,5)38(6)18-19)34-25-8-7-9-26(36-25)40-37-28(39)21-11-13-24(31)35-27(21)32/h7-9,11,13-16,19,22H,10,12,17-18H2,1-6H3,(H,34,36)(H,37,39). The van der Waals surface area contributed by atoms with E-state index in [4.69, 9.17) is 21.6 Å². The molecule has 1 amide bonds. The van der Waals surface area contributed by atoms with Crippen molar-refractivity contribution < 1.29 is 4.79 Å². The van der Waals surface area contributed by atoms with E-state index in [2.05, 4.69) is 89.7 Å². The van der Waals surface area contributed by atoms with Crippen LogP contribution in [0.2, 0.25) is 5.15 Å². The Morgan fingerprint density at radius 3 is 2.67 bits per heavy atom. The Balaban J connectivity index is 1.49. The molecule has 2 N–H and O–H groups in total. The van der Waals surface area contributed by atoms with Crippen LogP contribution < -0.4 is 10.0 Å². The molecule has 1 fully saturated rings. The summed E-state index contributed by atoms with van der Waals surface area (Å²) in [4.78, 5) is 28.8. The minimum Gasteiger partial charge on any atom is -0.362 e. The van der Waals surface area contributed by atoms with Crippen molar-refractivity contribution in [3.05, 3.63) is 75.2 Å². The van der Waals surface area contributed by atoms with Gasteiger partial charge in [0, 0.05) is 30.2 Å². The number of likely N-dealkylation sites (tertiary alicyclic amines) is 1. The van der Waals surface area contributed by atoms with Crippen LogP contribution in [0, 0.1) is 5.92 Å². The van der Waals surface area contributed by atoms with Crippen molar-refractivity contribution in [2.75, 3.05) is 18.9 Å². The third kappa shape index (κ3) is 7.96. The molecule has 0 aromatic carbocycles. The van der Waals surface area contributed by atoms with Crippen molar-refractivity contribution in [2.45, 2.75) is 75.9 Å². The number of halogens is 2. The van der Waals surface area contributed by atoms with E-state index in [0.29, 0.717) is 21.1 Å². The molecule has 3 aromatic heterocycles. The summed E-state index contributed by atoms with van der Waals surface area (Å²) in [6.07, 6.45) is 5.14. The van der Waals surface area contributed by atoms with E-state index in [1.165, 1.54) is 12.0 Å². The number of hydrogen-bond donors (Lipinski definition) is 2. The first-order valence-electron chi connectivity index (χ1n) is 13.5. The van der Waals surface area contributed by atoms with Gasteiger partial charge in [0.1, 0.15) is 20.6 Å². The van der Waals surface area contributed by atoms with Gasteiger partial charge in [-0.3, -0.25) is 14.5 Å². The molecule has 4 rings (SSSR count). The highest BCUT2D eigenvalue weighted by Crippen LogP contribution is 2.36. The highest BCUT2D eigenvalue weighted by atomic mass is 79.9. The van der Waals surface area contributed by atoms with E-state index in [1.807, 2.05) is 24.4 Å². The van der Waals surface area contributed by atoms with Crippen molar-refractivity contribution in [1.29, 1.82) is 0 Å². The molecule has 214 valence electrons. The number of carbonyl (C=O) groups is 1. The van der Waals surface area contributed by atoms with Gasteiger partial charge in [0.15, 0.2) is 0 Å². The van der Waals surface area contributed by atoms with E-state index < -0.39 is 0 Å². The summed E-state index contributed by atoms with van der Waals surface area (Å²) in [7, 11) is 2.22. The fraction of sp³-hybridized carbons (Fsp3) is 0.467. The van der Waals surface area contributed by atoms with Crippen LogP contribution in [0.3, 0.4) is 0 Å². The van der Waals surface area contributed by atoms with Crippen LogP contribution in [0.5, 0.6) is 0 Å². The Labute approximate surface area is 255 Å². The second-order valence-electron chi connectivity index (χ2n) is 12.1. The molecule has 2 atom stereocenters. The molecule has 4 heterocycles. The number of anilines is 1. The van der Waals surface area contributed by atoms with Crippen LogP contribution >= 0.6 is 39.5 Å². The van der Waals surface area contributed by atoms with Gasteiger partial charge in [0.2, 0.25) is 0 Å². The van der Waals surface area contributed by atoms with E-state index in [9.17, 15) is 4.79 Å². The van der Waals surface area contributed by atoms with E-state index in [0.717, 1.165) is 42.8 Å². The molecule has 0 spiro atoms. The monoisotopic (exact) mass is 644 g/mol. The third-order valence-electron chi connectivity index (χ3n) is 7.57. The van der Waals surface area contributed by atoms with Gasteiger partial charge in [-0.25, -0.2) is 9.97 Å². The van der Waals surface area contributed by atoms with Gasteiger partial charge in [0.05, 0.1) is 17.3 Å². The van der Waals surface area contributed by atoms with Crippen LogP contribution in [0.4, 0.5) is 5.82 Å². The molecule has 1 aliphatic heterocycles. The predicted molar refractivity (Wildman–Crippen MR) is 168 cm³/mol. The number of nitrogens with one attached hydrogen (secondary N) is 2. The summed E-state index contributed by atoms with van der Waals surface area (Å²) in [5.41, 5.74) is 2.83. The molecule has 2 unspecified atom stereocenters. The Hall–Kier alpha value is -2.20. The summed E-state index contributed by atoms with van der Waals surface area (Å²) in [5, 5.41) is 4.46. The topological polar surface area (TPSA) is 83.0 Å². The Bertz CT molecular complexity index is 1350. The van der Waals surface area contributed by atoms with Gasteiger partial charge in [0.25, 0.3) is 5.91 Å². The summed E-state index contributed by atoms with van der Waals surface area (Å²) in [6.45, 7) is 12.4. The minimum atomic E-state index is -0.333. The zero-order chi connectivity index (χ0) is 29.1. The molecule has 1 saturated heterocycles. The highest BCUT2D eigenvalue weighted by molar-refractivity contribution is 9.10. The fourth-order valence-electron chi connectivity index (χ4n) is 5.02. The molecular formula is C30H38BrClN6OS. The number of rotatable bonds is 9. The number of hydrogen-bond acceptors (Lipinski definition) is 7. The van der Waals surface area contributed by atoms with Gasteiger partial charge in [-0.1, -0.05) is 38.4 Å². The largest absolute Gasteiger partial charge is 0.362 e. The van der Waals surface area contributed by atoms with Crippen molar-refractivity contribution >= 4 is 51.2 Å². The molecule has 1 aliphatic rings. The van der Waals surface area contributed by atoms with Crippen molar-refractivity contribution in [2.24, 2.45) is 5.92 Å². The molecule has 40 heavy (non-hydrogen) atoms. The number of aromatic nitrogens is 3. The molecular weight excluding hydrogens is 608 g/mol. The van der Waals surface area contributed by atoms with Crippen molar-refractivity contribution in [3.63, 3.8) is 0 Å². The number of nitrogens with zero attached hydrogens (tertiary/aromatic N) is 4. The van der Waals surface area contributed by atoms with Crippen LogP contribution in [-0.4, -0.2) is 44.9 Å². The second-order valence-corrected chi connectivity index (χ2v) is 14.1. The average molecular weight is 646 g/mol. The molecule has 7 nitrogen and oxygen atoms in total. The number of carbonyl (C=O) groups excluding carboxylic acids is 1. The van der Waals surface area contributed by atoms with Gasteiger partial charge in [-0.15, -0.1) is 0 Å². The first kappa shape index (κ1) is 30.8. The maximum Gasteiger partial charge on any atom is 0.264 e. The smallest absolute Gasteiger partial charge is 0.264 e. The molecule has 10 heteroatoms. The summed E-state index contributed by atoms with van der Waals surface area (Å²) < 4.78 is 3.39. The Morgan fingerprint density at radius 1 is 1.23 bits per heavy atom. The number of pyridine rings is 3. The van der Waals surface area contributed by atoms with Crippen molar-refractivity contribution in [1.82, 2.24) is 24.6 Å². The maximum atomic E-state index is 12.7. The van der Waals surface area contributed by atoms with Crippen molar-refractivity contribution in [3.8, 4) is 0 Å². The lowest BCUT2D eigenvalue weighted by molar-refractivity contribution is 0.0984. The SMILES string of the molecule is CN1CC(CCC(Nc2cccc(SNC(=O)c3ccc(Br)nc3Cl)n2)c2cc(C(C)(C)C)ccn2)CC1(C)C. The Morgan fingerprint density at radius 2 is 2.00 bits per heavy atom. The third-order valence-corrected chi connectivity index (χ3v) is 9.03. The quantitative estimate of drug-likeness (QED) is 0.182. The predicted octanol–water partition coefficient (Wildman–Crippen LogP) is 7.69. The minimum absolute atomic E-state index is 0.00584. The molecule has 3 aromatic rings. The van der Waals surface area contributed by atoms with Gasteiger partial charge in [-0.2, -0.15) is 0 Å². The summed E-state index contributed by atoms with van der Waals surface area (Å²) in [5.74, 6) is 1.04. The van der Waals surface area contributed by atoms with Gasteiger partial charge < -0.3 is 10.2 Å². The van der Waals surface area contributed by atoms with Crippen LogP contribution in [0.15, 0.2) is 58.3 Å². The number of amides is 1.